The smallest absolute Gasteiger partial charge is 0.193 e. The molecular weight excluding hydrogens is 417 g/mol. The van der Waals surface area contributed by atoms with E-state index in [4.69, 9.17) is 9.47 Å². The molecule has 0 aromatic carbocycles. The summed E-state index contributed by atoms with van der Waals surface area (Å²) < 4.78 is 10.7. The third-order valence-corrected chi connectivity index (χ3v) is 4.67. The third kappa shape index (κ3) is 9.42. The van der Waals surface area contributed by atoms with Crippen molar-refractivity contribution in [3.63, 3.8) is 0 Å². The molecule has 0 aromatic heterocycles. The molecule has 1 fully saturated rings. The number of unbranched alkanes of at least 4 members (excludes halogenated alkanes) is 1. The summed E-state index contributed by atoms with van der Waals surface area (Å²) in [6, 6.07) is 0. The summed E-state index contributed by atoms with van der Waals surface area (Å²) in [6.45, 7) is 9.89. The maximum atomic E-state index is 5.67. The van der Waals surface area contributed by atoms with Crippen molar-refractivity contribution < 1.29 is 9.47 Å². The molecule has 1 aliphatic heterocycles. The fraction of sp³-hybridized carbons (Fsp3) is 0.944. The highest BCUT2D eigenvalue weighted by Gasteiger charge is 2.25. The van der Waals surface area contributed by atoms with Gasteiger partial charge >= 0.3 is 0 Å². The Kier molecular flexibility index (Phi) is 15.1. The van der Waals surface area contributed by atoms with Crippen LogP contribution in [0.4, 0.5) is 0 Å². The zero-order valence-electron chi connectivity index (χ0n) is 16.1. The van der Waals surface area contributed by atoms with Crippen molar-refractivity contribution in [2.45, 2.75) is 46.0 Å². The van der Waals surface area contributed by atoms with Crippen LogP contribution in [0.3, 0.4) is 0 Å². The van der Waals surface area contributed by atoms with Gasteiger partial charge in [-0.25, -0.2) is 0 Å². The summed E-state index contributed by atoms with van der Waals surface area (Å²) in [4.78, 5) is 6.84. The van der Waals surface area contributed by atoms with Crippen molar-refractivity contribution in [3.8, 4) is 0 Å². The summed E-state index contributed by atoms with van der Waals surface area (Å²) >= 11 is 0. The lowest BCUT2D eigenvalue weighted by molar-refractivity contribution is 0.0536. The van der Waals surface area contributed by atoms with Gasteiger partial charge in [-0.2, -0.15) is 0 Å². The van der Waals surface area contributed by atoms with Crippen LogP contribution in [0.2, 0.25) is 0 Å². The van der Waals surface area contributed by atoms with E-state index in [2.05, 4.69) is 29.1 Å². The molecule has 2 unspecified atom stereocenters. The minimum atomic E-state index is 0. The highest BCUT2D eigenvalue weighted by atomic mass is 127. The minimum Gasteiger partial charge on any atom is -0.382 e. The predicted molar refractivity (Wildman–Crippen MR) is 112 cm³/mol. The first-order valence-electron chi connectivity index (χ1n) is 9.27. The van der Waals surface area contributed by atoms with E-state index in [9.17, 15) is 0 Å². The second-order valence-electron chi connectivity index (χ2n) is 6.51. The Labute approximate surface area is 166 Å². The standard InChI is InChI=1S/C18H37N3O2.HI/c1-5-7-8-16(6-2)13-20-18(19-3)21-10-9-17(14-21)15-23-12-11-22-4;/h16-17H,5-15H2,1-4H3,(H,19,20);1H. The number of rotatable bonds is 11. The fourth-order valence-electron chi connectivity index (χ4n) is 3.06. The van der Waals surface area contributed by atoms with Gasteiger partial charge in [0.1, 0.15) is 0 Å². The van der Waals surface area contributed by atoms with Crippen molar-refractivity contribution >= 4 is 29.9 Å². The number of nitrogens with one attached hydrogen (secondary N) is 1. The number of guanidine groups is 1. The van der Waals surface area contributed by atoms with Crippen LogP contribution in [0.1, 0.15) is 46.0 Å². The minimum absolute atomic E-state index is 0. The van der Waals surface area contributed by atoms with Gasteiger partial charge < -0.3 is 19.7 Å². The summed E-state index contributed by atoms with van der Waals surface area (Å²) in [5, 5.41) is 3.58. The van der Waals surface area contributed by atoms with E-state index in [1.807, 2.05) is 7.05 Å². The molecule has 24 heavy (non-hydrogen) atoms. The van der Waals surface area contributed by atoms with Crippen LogP contribution in [0.25, 0.3) is 0 Å². The van der Waals surface area contributed by atoms with Crippen LogP contribution in [-0.2, 0) is 9.47 Å². The Hall–Kier alpha value is -0.0800. The van der Waals surface area contributed by atoms with E-state index in [0.717, 1.165) is 38.1 Å². The molecular formula is C18H38IN3O2. The average molecular weight is 455 g/mol. The number of halogens is 1. The second-order valence-corrected chi connectivity index (χ2v) is 6.51. The van der Waals surface area contributed by atoms with E-state index in [1.54, 1.807) is 7.11 Å². The molecule has 0 bridgehead atoms. The SMILES string of the molecule is CCCCC(CC)CNC(=NC)N1CCC(COCCOC)C1.I. The first-order chi connectivity index (χ1) is 11.2. The van der Waals surface area contributed by atoms with Gasteiger partial charge in [-0.05, 0) is 18.8 Å². The molecule has 1 rings (SSSR count). The molecule has 0 radical (unpaired) electrons. The van der Waals surface area contributed by atoms with Crippen LogP contribution < -0.4 is 5.32 Å². The van der Waals surface area contributed by atoms with Gasteiger partial charge in [0.15, 0.2) is 5.96 Å². The van der Waals surface area contributed by atoms with Crippen molar-refractivity contribution in [1.29, 1.82) is 0 Å². The molecule has 0 amide bonds. The third-order valence-electron chi connectivity index (χ3n) is 4.67. The first-order valence-corrected chi connectivity index (χ1v) is 9.27. The molecule has 0 aromatic rings. The second kappa shape index (κ2) is 15.2. The molecule has 6 heteroatoms. The van der Waals surface area contributed by atoms with E-state index < -0.39 is 0 Å². The Morgan fingerprint density at radius 1 is 1.33 bits per heavy atom. The van der Waals surface area contributed by atoms with Gasteiger partial charge in [0.05, 0.1) is 19.8 Å². The Balaban J connectivity index is 0.00000529. The number of hydrogen-bond acceptors (Lipinski definition) is 3. The predicted octanol–water partition coefficient (Wildman–Crippen LogP) is 3.38. The van der Waals surface area contributed by atoms with Gasteiger partial charge in [0.25, 0.3) is 0 Å². The summed E-state index contributed by atoms with van der Waals surface area (Å²) in [5.41, 5.74) is 0. The number of hydrogen-bond donors (Lipinski definition) is 1. The zero-order chi connectivity index (χ0) is 16.9. The highest BCUT2D eigenvalue weighted by Crippen LogP contribution is 2.17. The lowest BCUT2D eigenvalue weighted by Crippen LogP contribution is -2.42. The molecule has 0 aliphatic carbocycles. The monoisotopic (exact) mass is 455 g/mol. The van der Waals surface area contributed by atoms with E-state index in [1.165, 1.54) is 32.1 Å². The van der Waals surface area contributed by atoms with E-state index in [-0.39, 0.29) is 24.0 Å². The number of ether oxygens (including phenoxy) is 2. The quantitative estimate of drug-likeness (QED) is 0.225. The van der Waals surface area contributed by atoms with Gasteiger partial charge in [-0.3, -0.25) is 4.99 Å². The molecule has 1 heterocycles. The molecule has 2 atom stereocenters. The van der Waals surface area contributed by atoms with Crippen LogP contribution >= 0.6 is 24.0 Å². The average Bonchev–Trinajstić information content (AvgIpc) is 3.03. The van der Waals surface area contributed by atoms with Crippen molar-refractivity contribution in [1.82, 2.24) is 10.2 Å². The summed E-state index contributed by atoms with van der Waals surface area (Å²) in [7, 11) is 3.60. The Bertz CT molecular complexity index is 329. The topological polar surface area (TPSA) is 46.1 Å². The molecule has 144 valence electrons. The fourth-order valence-corrected chi connectivity index (χ4v) is 3.06. The van der Waals surface area contributed by atoms with Crippen LogP contribution in [-0.4, -0.2) is 64.5 Å². The first kappa shape index (κ1) is 23.9. The largest absolute Gasteiger partial charge is 0.382 e. The Morgan fingerprint density at radius 3 is 2.75 bits per heavy atom. The molecule has 1 saturated heterocycles. The lowest BCUT2D eigenvalue weighted by Gasteiger charge is -2.24. The van der Waals surface area contributed by atoms with Crippen molar-refractivity contribution in [2.75, 3.05) is 53.6 Å². The van der Waals surface area contributed by atoms with E-state index >= 15 is 0 Å². The number of aliphatic imine (C=N–C) groups is 1. The number of methoxy groups -OCH3 is 1. The van der Waals surface area contributed by atoms with Gasteiger partial charge in [-0.15, -0.1) is 24.0 Å². The molecule has 0 spiro atoms. The molecule has 0 saturated carbocycles. The molecule has 5 nitrogen and oxygen atoms in total. The normalized spacial score (nSPS) is 19.2. The van der Waals surface area contributed by atoms with E-state index in [0.29, 0.717) is 19.1 Å². The maximum Gasteiger partial charge on any atom is 0.193 e. The van der Waals surface area contributed by atoms with Crippen LogP contribution in [0.5, 0.6) is 0 Å². The van der Waals surface area contributed by atoms with Crippen LogP contribution in [0.15, 0.2) is 4.99 Å². The highest BCUT2D eigenvalue weighted by molar-refractivity contribution is 14.0. The zero-order valence-corrected chi connectivity index (χ0v) is 18.4. The van der Waals surface area contributed by atoms with Gasteiger partial charge in [0.2, 0.25) is 0 Å². The summed E-state index contributed by atoms with van der Waals surface area (Å²) in [6.07, 6.45) is 6.33. The van der Waals surface area contributed by atoms with Gasteiger partial charge in [-0.1, -0.05) is 33.1 Å². The van der Waals surface area contributed by atoms with Crippen molar-refractivity contribution in [2.24, 2.45) is 16.8 Å². The molecule has 1 N–H and O–H groups in total. The summed E-state index contributed by atoms with van der Waals surface area (Å²) in [5.74, 6) is 2.41. The maximum absolute atomic E-state index is 5.67. The lowest BCUT2D eigenvalue weighted by atomic mass is 9.99. The van der Waals surface area contributed by atoms with Crippen LogP contribution in [0, 0.1) is 11.8 Å². The number of nitrogens with zero attached hydrogens (tertiary/aromatic N) is 2. The number of likely N-dealkylation sites (tertiary alicyclic amines) is 1. The van der Waals surface area contributed by atoms with Crippen molar-refractivity contribution in [3.05, 3.63) is 0 Å². The van der Waals surface area contributed by atoms with Gasteiger partial charge in [0, 0.05) is 39.7 Å². The Morgan fingerprint density at radius 2 is 2.12 bits per heavy atom. The molecule has 1 aliphatic rings.